The van der Waals surface area contributed by atoms with Gasteiger partial charge in [0, 0.05) is 0 Å². The van der Waals surface area contributed by atoms with Gasteiger partial charge in [0.05, 0.1) is 26.4 Å². The Balaban J connectivity index is 0.000000400. The number of hydrogen-bond donors (Lipinski definition) is 0. The van der Waals surface area contributed by atoms with Gasteiger partial charge in [-0.3, -0.25) is 0 Å². The van der Waals surface area contributed by atoms with Crippen molar-refractivity contribution < 1.29 is 28.5 Å². The first-order chi connectivity index (χ1) is 19.4. The minimum Gasteiger partial charge on any atom is -0.493 e. The third kappa shape index (κ3) is 13.4. The zero-order valence-corrected chi connectivity index (χ0v) is 25.7. The number of hydrogen-bond acceptors (Lipinski definition) is 6. The predicted molar refractivity (Wildman–Crippen MR) is 162 cm³/mol. The minimum atomic E-state index is -0.288. The predicted octanol–water partition coefficient (Wildman–Crippen LogP) is 8.92. The molecular weight excluding hydrogens is 504 g/mol. The Morgan fingerprint density at radius 2 is 0.975 bits per heavy atom. The van der Waals surface area contributed by atoms with E-state index in [0.717, 1.165) is 25.7 Å². The number of benzene rings is 2. The van der Waals surface area contributed by atoms with E-state index >= 15 is 0 Å². The molecule has 0 aliphatic rings. The van der Waals surface area contributed by atoms with E-state index in [1.165, 1.54) is 25.7 Å². The molecule has 2 atom stereocenters. The van der Waals surface area contributed by atoms with Gasteiger partial charge in [0.15, 0.2) is 0 Å². The fraction of sp³-hybridized carbons (Fsp3) is 0.588. The molecule has 2 unspecified atom stereocenters. The highest BCUT2D eigenvalue weighted by atomic mass is 16.5. The number of carbonyl (C=O) groups excluding carboxylic acids is 2. The third-order valence-corrected chi connectivity index (χ3v) is 6.80. The first-order valence-corrected chi connectivity index (χ1v) is 15.2. The Hall–Kier alpha value is -3.02. The van der Waals surface area contributed by atoms with Crippen molar-refractivity contribution in [3.05, 3.63) is 59.7 Å². The summed E-state index contributed by atoms with van der Waals surface area (Å²) in [5.74, 6) is 1.53. The van der Waals surface area contributed by atoms with Crippen molar-refractivity contribution in [2.75, 3.05) is 26.4 Å². The number of rotatable bonds is 18. The van der Waals surface area contributed by atoms with Crippen LogP contribution in [0.5, 0.6) is 11.5 Å². The van der Waals surface area contributed by atoms with E-state index < -0.39 is 0 Å². The molecule has 0 saturated heterocycles. The molecule has 2 rings (SSSR count). The van der Waals surface area contributed by atoms with Crippen LogP contribution in [0.25, 0.3) is 0 Å². The Bertz CT molecular complexity index is 879. The van der Waals surface area contributed by atoms with Crippen LogP contribution in [0.4, 0.5) is 0 Å². The Morgan fingerprint density at radius 1 is 0.600 bits per heavy atom. The zero-order valence-electron chi connectivity index (χ0n) is 25.7. The van der Waals surface area contributed by atoms with Gasteiger partial charge >= 0.3 is 11.9 Å². The van der Waals surface area contributed by atoms with Gasteiger partial charge in [0.2, 0.25) is 0 Å². The molecule has 6 nitrogen and oxygen atoms in total. The van der Waals surface area contributed by atoms with Gasteiger partial charge in [-0.15, -0.1) is 0 Å². The molecule has 0 N–H and O–H groups in total. The van der Waals surface area contributed by atoms with Crippen LogP contribution >= 0.6 is 0 Å². The fourth-order valence-electron chi connectivity index (χ4n) is 4.17. The van der Waals surface area contributed by atoms with Crippen molar-refractivity contribution in [3.63, 3.8) is 0 Å². The molecule has 0 fully saturated rings. The van der Waals surface area contributed by atoms with Crippen LogP contribution in [0.15, 0.2) is 48.5 Å². The lowest BCUT2D eigenvalue weighted by atomic mass is 10.0. The van der Waals surface area contributed by atoms with Crippen LogP contribution in [0.2, 0.25) is 0 Å². The lowest BCUT2D eigenvalue weighted by Gasteiger charge is -2.15. The lowest BCUT2D eigenvalue weighted by Crippen LogP contribution is -2.15. The largest absolute Gasteiger partial charge is 0.493 e. The number of para-hydroxylation sites is 2. The maximum absolute atomic E-state index is 12.1. The van der Waals surface area contributed by atoms with E-state index in [1.807, 2.05) is 38.1 Å². The molecule has 40 heavy (non-hydrogen) atoms. The van der Waals surface area contributed by atoms with Gasteiger partial charge in [-0.1, -0.05) is 90.5 Å². The monoisotopic (exact) mass is 556 g/mol. The van der Waals surface area contributed by atoms with Crippen molar-refractivity contribution in [2.24, 2.45) is 11.8 Å². The van der Waals surface area contributed by atoms with Crippen LogP contribution in [0, 0.1) is 11.8 Å². The molecule has 2 aromatic rings. The molecule has 0 aromatic heterocycles. The quantitative estimate of drug-likeness (QED) is 0.171. The molecule has 224 valence electrons. The number of carbonyl (C=O) groups is 2. The van der Waals surface area contributed by atoms with Crippen molar-refractivity contribution in [2.45, 2.75) is 92.9 Å². The molecule has 6 heteroatoms. The summed E-state index contributed by atoms with van der Waals surface area (Å²) in [6.07, 6.45) is 9.05. The van der Waals surface area contributed by atoms with Gasteiger partial charge in [-0.05, 0) is 62.8 Å². The lowest BCUT2D eigenvalue weighted by molar-refractivity contribution is 0.0415. The highest BCUT2D eigenvalue weighted by Crippen LogP contribution is 2.22. The summed E-state index contributed by atoms with van der Waals surface area (Å²) in [4.78, 5) is 24.3. The van der Waals surface area contributed by atoms with Gasteiger partial charge in [-0.2, -0.15) is 0 Å². The van der Waals surface area contributed by atoms with Crippen molar-refractivity contribution >= 4 is 11.9 Å². The molecule has 0 amide bonds. The van der Waals surface area contributed by atoms with Gasteiger partial charge in [-0.25, -0.2) is 9.59 Å². The van der Waals surface area contributed by atoms with E-state index in [2.05, 4.69) is 27.7 Å². The average Bonchev–Trinajstić information content (AvgIpc) is 2.98. The average molecular weight is 557 g/mol. The van der Waals surface area contributed by atoms with Crippen LogP contribution in [0.1, 0.15) is 114 Å². The molecule has 0 heterocycles. The molecular formula is C34H52O6. The van der Waals surface area contributed by atoms with Crippen LogP contribution in [0.3, 0.4) is 0 Å². The minimum absolute atomic E-state index is 0.288. The number of esters is 2. The van der Waals surface area contributed by atoms with Crippen molar-refractivity contribution in [1.82, 2.24) is 0 Å². The van der Waals surface area contributed by atoms with E-state index in [1.54, 1.807) is 24.3 Å². The summed E-state index contributed by atoms with van der Waals surface area (Å²) < 4.78 is 21.8. The summed E-state index contributed by atoms with van der Waals surface area (Å²) in [6.45, 7) is 14.5. The van der Waals surface area contributed by atoms with Gasteiger partial charge in [0.1, 0.15) is 22.6 Å². The normalized spacial score (nSPS) is 11.9. The summed E-state index contributed by atoms with van der Waals surface area (Å²) in [5.41, 5.74) is 1.03. The standard InChI is InChI=1S/2C17H26O3/c2*1-4-7-10-14(5-2)13-20-17(18)15-11-8-9-12-16(15)19-6-3/h2*8-9,11-12,14H,4-7,10,13H2,1-3H3. The summed E-state index contributed by atoms with van der Waals surface area (Å²) in [6, 6.07) is 14.5. The van der Waals surface area contributed by atoms with Crippen LogP contribution in [-0.2, 0) is 9.47 Å². The third-order valence-electron chi connectivity index (χ3n) is 6.80. The molecule has 0 spiro atoms. The SMILES string of the molecule is CCCCC(CC)COC(=O)c1ccccc1OCC.CCCCC(CC)COC(=O)c1ccccc1OCC. The van der Waals surface area contributed by atoms with Gasteiger partial charge < -0.3 is 18.9 Å². The maximum Gasteiger partial charge on any atom is 0.341 e. The highest BCUT2D eigenvalue weighted by molar-refractivity contribution is 5.93. The molecule has 0 aliphatic carbocycles. The van der Waals surface area contributed by atoms with Crippen LogP contribution in [-0.4, -0.2) is 38.4 Å². The van der Waals surface area contributed by atoms with Crippen molar-refractivity contribution in [3.8, 4) is 11.5 Å². The molecule has 0 aliphatic heterocycles. The van der Waals surface area contributed by atoms with Gasteiger partial charge in [0.25, 0.3) is 0 Å². The van der Waals surface area contributed by atoms with E-state index in [0.29, 0.717) is 60.9 Å². The van der Waals surface area contributed by atoms with E-state index in [9.17, 15) is 9.59 Å². The second kappa shape index (κ2) is 21.8. The Morgan fingerprint density at radius 3 is 1.30 bits per heavy atom. The second-order valence-corrected chi connectivity index (χ2v) is 9.89. The maximum atomic E-state index is 12.1. The highest BCUT2D eigenvalue weighted by Gasteiger charge is 2.17. The zero-order chi connectivity index (χ0) is 29.6. The summed E-state index contributed by atoms with van der Waals surface area (Å²) in [5, 5.41) is 0. The molecule has 0 saturated carbocycles. The van der Waals surface area contributed by atoms with Crippen LogP contribution < -0.4 is 9.47 Å². The Labute approximate surface area is 242 Å². The first-order valence-electron chi connectivity index (χ1n) is 15.2. The second-order valence-electron chi connectivity index (χ2n) is 9.89. The Kier molecular flexibility index (Phi) is 19.0. The smallest absolute Gasteiger partial charge is 0.341 e. The number of unbranched alkanes of at least 4 members (excludes halogenated alkanes) is 2. The van der Waals surface area contributed by atoms with Crippen molar-refractivity contribution in [1.29, 1.82) is 0 Å². The molecule has 0 radical (unpaired) electrons. The fourth-order valence-corrected chi connectivity index (χ4v) is 4.17. The molecule has 0 bridgehead atoms. The topological polar surface area (TPSA) is 71.1 Å². The summed E-state index contributed by atoms with van der Waals surface area (Å²) in [7, 11) is 0. The van der Waals surface area contributed by atoms with E-state index in [4.69, 9.17) is 18.9 Å². The van der Waals surface area contributed by atoms with E-state index in [-0.39, 0.29) is 11.9 Å². The molecule has 2 aromatic carbocycles. The first kappa shape index (κ1) is 35.0. The number of ether oxygens (including phenoxy) is 4. The summed E-state index contributed by atoms with van der Waals surface area (Å²) >= 11 is 0.